The third-order valence-corrected chi connectivity index (χ3v) is 8.33. The molecule has 3 aliphatic rings. The van der Waals surface area contributed by atoms with Gasteiger partial charge in [-0.2, -0.15) is 0 Å². The summed E-state index contributed by atoms with van der Waals surface area (Å²) in [6.07, 6.45) is -0.860. The number of ether oxygens (including phenoxy) is 1. The average molecular weight is 454 g/mol. The molecule has 0 aromatic carbocycles. The van der Waals surface area contributed by atoms with Crippen LogP contribution in [0.3, 0.4) is 0 Å². The molecule has 0 radical (unpaired) electrons. The number of likely N-dealkylation sites (tertiary alicyclic amines) is 1. The van der Waals surface area contributed by atoms with E-state index in [1.165, 1.54) is 27.6 Å². The molecular formula is C20H17Cl2NO3S2. The number of thiophene rings is 2. The molecule has 2 aromatic heterocycles. The van der Waals surface area contributed by atoms with E-state index >= 15 is 0 Å². The number of fused-ring (bicyclic) bond motifs is 5. The van der Waals surface area contributed by atoms with Gasteiger partial charge in [0.05, 0.1) is 32.7 Å². The Morgan fingerprint density at radius 1 is 0.929 bits per heavy atom. The van der Waals surface area contributed by atoms with Crippen LogP contribution < -0.4 is 0 Å². The van der Waals surface area contributed by atoms with Gasteiger partial charge in [0.2, 0.25) is 11.8 Å². The Labute approximate surface area is 180 Å². The van der Waals surface area contributed by atoms with Gasteiger partial charge >= 0.3 is 0 Å². The summed E-state index contributed by atoms with van der Waals surface area (Å²) in [5.74, 6) is -1.16. The fourth-order valence-electron chi connectivity index (χ4n) is 4.88. The standard InChI is InChI=1S/C20H17Cl2NO3S2/c1-4-23-19(24)15-16(20(23)25)18-14(10-6-12(22)28-8(10)3)13(17(15)26-18)9-5-11(21)27-7(9)2/h5-6,15-18H,4H2,1-3H3/t15-,16+,17+,18-. The van der Waals surface area contributed by atoms with Crippen LogP contribution in [0.4, 0.5) is 0 Å². The first-order chi connectivity index (χ1) is 13.3. The van der Waals surface area contributed by atoms with Crippen LogP contribution in [0.25, 0.3) is 11.1 Å². The van der Waals surface area contributed by atoms with E-state index in [-0.39, 0.29) is 11.8 Å². The molecule has 0 aliphatic carbocycles. The van der Waals surface area contributed by atoms with Crippen molar-refractivity contribution in [3.8, 4) is 0 Å². The number of halogens is 2. The molecule has 2 aromatic rings. The van der Waals surface area contributed by atoms with E-state index in [1.54, 1.807) is 0 Å². The van der Waals surface area contributed by atoms with Gasteiger partial charge in [-0.15, -0.1) is 22.7 Å². The number of carbonyl (C=O) groups is 2. The zero-order valence-electron chi connectivity index (χ0n) is 15.4. The van der Waals surface area contributed by atoms with Crippen molar-refractivity contribution in [2.75, 3.05) is 6.54 Å². The maximum absolute atomic E-state index is 13.0. The predicted octanol–water partition coefficient (Wildman–Crippen LogP) is 5.05. The van der Waals surface area contributed by atoms with E-state index in [9.17, 15) is 9.59 Å². The molecule has 28 heavy (non-hydrogen) atoms. The number of rotatable bonds is 3. The summed E-state index contributed by atoms with van der Waals surface area (Å²) in [6, 6.07) is 3.89. The lowest BCUT2D eigenvalue weighted by Crippen LogP contribution is -2.34. The Balaban J connectivity index is 1.75. The molecule has 0 N–H and O–H groups in total. The lowest BCUT2D eigenvalue weighted by molar-refractivity contribution is -0.141. The molecule has 2 saturated heterocycles. The molecule has 146 valence electrons. The molecule has 5 heterocycles. The van der Waals surface area contributed by atoms with Crippen LogP contribution in [0.2, 0.25) is 8.67 Å². The third-order valence-electron chi connectivity index (χ3n) is 5.97. The van der Waals surface area contributed by atoms with Crippen molar-refractivity contribution in [3.05, 3.63) is 41.7 Å². The third kappa shape index (κ3) is 2.39. The lowest BCUT2D eigenvalue weighted by atomic mass is 9.73. The van der Waals surface area contributed by atoms with Gasteiger partial charge in [-0.05, 0) is 55.2 Å². The molecule has 4 nitrogen and oxygen atoms in total. The van der Waals surface area contributed by atoms with Crippen molar-refractivity contribution in [2.45, 2.75) is 33.0 Å². The van der Waals surface area contributed by atoms with Crippen molar-refractivity contribution in [1.82, 2.24) is 4.90 Å². The van der Waals surface area contributed by atoms with E-state index in [1.807, 2.05) is 32.9 Å². The van der Waals surface area contributed by atoms with Crippen molar-refractivity contribution in [3.63, 3.8) is 0 Å². The molecule has 0 spiro atoms. The summed E-state index contributed by atoms with van der Waals surface area (Å²) in [7, 11) is 0. The normalized spacial score (nSPS) is 28.8. The van der Waals surface area contributed by atoms with Crippen LogP contribution in [-0.4, -0.2) is 35.5 Å². The van der Waals surface area contributed by atoms with Gasteiger partial charge in [0, 0.05) is 16.3 Å². The summed E-state index contributed by atoms with van der Waals surface area (Å²) in [4.78, 5) is 29.4. The first-order valence-corrected chi connectivity index (χ1v) is 11.5. The second-order valence-corrected chi connectivity index (χ2v) is 11.1. The Morgan fingerprint density at radius 2 is 1.36 bits per heavy atom. The average Bonchev–Trinajstić information content (AvgIpc) is 3.38. The summed E-state index contributed by atoms with van der Waals surface area (Å²) in [5.41, 5.74) is 3.99. The molecule has 2 fully saturated rings. The maximum Gasteiger partial charge on any atom is 0.236 e. The molecule has 2 amide bonds. The zero-order chi connectivity index (χ0) is 19.9. The number of hydrogen-bond acceptors (Lipinski definition) is 5. The minimum absolute atomic E-state index is 0.124. The highest BCUT2D eigenvalue weighted by Crippen LogP contribution is 2.58. The Kier molecular flexibility index (Phi) is 4.31. The molecule has 2 bridgehead atoms. The van der Waals surface area contributed by atoms with Gasteiger partial charge in [-0.25, -0.2) is 0 Å². The fourth-order valence-corrected chi connectivity index (χ4v) is 7.28. The van der Waals surface area contributed by atoms with Crippen LogP contribution in [-0.2, 0) is 14.3 Å². The first kappa shape index (κ1) is 18.8. The summed E-state index contributed by atoms with van der Waals surface area (Å²) in [6.45, 7) is 6.27. The fraction of sp³-hybridized carbons (Fsp3) is 0.400. The highest BCUT2D eigenvalue weighted by Gasteiger charge is 2.65. The quantitative estimate of drug-likeness (QED) is 0.610. The molecule has 8 heteroatoms. The minimum Gasteiger partial charge on any atom is -0.364 e. The Hall–Kier alpha value is -1.18. The monoisotopic (exact) mass is 453 g/mol. The number of hydrogen-bond donors (Lipinski definition) is 0. The highest BCUT2D eigenvalue weighted by atomic mass is 35.5. The second-order valence-electron chi connectivity index (χ2n) is 7.32. The summed E-state index contributed by atoms with van der Waals surface area (Å²) < 4.78 is 7.71. The van der Waals surface area contributed by atoms with Gasteiger partial charge in [0.25, 0.3) is 0 Å². The van der Waals surface area contributed by atoms with Gasteiger partial charge in [-0.1, -0.05) is 23.2 Å². The van der Waals surface area contributed by atoms with E-state index in [2.05, 4.69) is 0 Å². The lowest BCUT2D eigenvalue weighted by Gasteiger charge is -2.24. The molecule has 0 unspecified atom stereocenters. The van der Waals surface area contributed by atoms with E-state index in [4.69, 9.17) is 27.9 Å². The highest BCUT2D eigenvalue weighted by molar-refractivity contribution is 7.16. The zero-order valence-corrected chi connectivity index (χ0v) is 18.6. The van der Waals surface area contributed by atoms with E-state index < -0.39 is 24.0 Å². The topological polar surface area (TPSA) is 46.6 Å². The van der Waals surface area contributed by atoms with Gasteiger partial charge < -0.3 is 4.74 Å². The Morgan fingerprint density at radius 3 is 1.68 bits per heavy atom. The van der Waals surface area contributed by atoms with Crippen LogP contribution in [0.1, 0.15) is 27.8 Å². The number of nitrogens with zero attached hydrogens (tertiary/aromatic N) is 1. The van der Waals surface area contributed by atoms with Crippen LogP contribution in [0.15, 0.2) is 12.1 Å². The SMILES string of the molecule is CCN1C(=O)[C@@H]2[C@H](C1=O)[C@@H]1O[C@H]2C(c2cc(Cl)sc2C)=C1c1cc(Cl)sc1C. The largest absolute Gasteiger partial charge is 0.364 e. The second kappa shape index (κ2) is 6.41. The predicted molar refractivity (Wildman–Crippen MR) is 113 cm³/mol. The molecule has 3 aliphatic heterocycles. The van der Waals surface area contributed by atoms with Gasteiger partial charge in [0.15, 0.2) is 0 Å². The number of amides is 2. The first-order valence-electron chi connectivity index (χ1n) is 9.10. The van der Waals surface area contributed by atoms with Gasteiger partial charge in [0.1, 0.15) is 0 Å². The van der Waals surface area contributed by atoms with Crippen molar-refractivity contribution in [2.24, 2.45) is 11.8 Å². The van der Waals surface area contributed by atoms with Crippen LogP contribution in [0, 0.1) is 25.7 Å². The van der Waals surface area contributed by atoms with Crippen molar-refractivity contribution < 1.29 is 14.3 Å². The Bertz CT molecular complexity index is 989. The molecule has 5 rings (SSSR count). The van der Waals surface area contributed by atoms with Crippen LogP contribution >= 0.6 is 45.9 Å². The number of imide groups is 1. The molecule has 4 atom stereocenters. The van der Waals surface area contributed by atoms with Crippen LogP contribution in [0.5, 0.6) is 0 Å². The smallest absolute Gasteiger partial charge is 0.236 e. The van der Waals surface area contributed by atoms with Crippen molar-refractivity contribution >= 4 is 68.8 Å². The maximum atomic E-state index is 13.0. The summed E-state index contributed by atoms with van der Waals surface area (Å²) in [5, 5.41) is 0. The summed E-state index contributed by atoms with van der Waals surface area (Å²) >= 11 is 15.6. The van der Waals surface area contributed by atoms with Gasteiger partial charge in [-0.3, -0.25) is 14.5 Å². The number of carbonyl (C=O) groups excluding carboxylic acids is 2. The van der Waals surface area contributed by atoms with E-state index in [0.717, 1.165) is 32.0 Å². The van der Waals surface area contributed by atoms with Crippen molar-refractivity contribution in [1.29, 1.82) is 0 Å². The van der Waals surface area contributed by atoms with E-state index in [0.29, 0.717) is 15.2 Å². The number of aryl methyl sites for hydroxylation is 2. The molecule has 0 saturated carbocycles. The minimum atomic E-state index is -0.455. The molecular weight excluding hydrogens is 437 g/mol.